The molecule has 0 aliphatic carbocycles. The van der Waals surface area contributed by atoms with Crippen LogP contribution in [0.3, 0.4) is 0 Å². The molecule has 352 valence electrons. The van der Waals surface area contributed by atoms with Crippen molar-refractivity contribution in [2.24, 2.45) is 0 Å². The quantitative estimate of drug-likeness (QED) is 0.0200. The van der Waals surface area contributed by atoms with E-state index in [0.717, 1.165) is 96.3 Å². The zero-order valence-corrected chi connectivity index (χ0v) is 40.2. The molecule has 0 spiro atoms. The van der Waals surface area contributed by atoms with Crippen LogP contribution < -0.4 is 0 Å². The second-order valence-electron chi connectivity index (χ2n) is 17.1. The van der Waals surface area contributed by atoms with Crippen molar-refractivity contribution in [3.63, 3.8) is 0 Å². The number of carbonyl (C=O) groups is 3. The van der Waals surface area contributed by atoms with Gasteiger partial charge in [0.1, 0.15) is 13.2 Å². The Bertz CT molecular complexity index is 1120. The number of allylic oxidation sites excluding steroid dienone is 10. The molecular formula is C55H96O6. The zero-order chi connectivity index (χ0) is 44.4. The van der Waals surface area contributed by atoms with E-state index in [2.05, 4.69) is 63.3 Å². The minimum Gasteiger partial charge on any atom is -0.462 e. The van der Waals surface area contributed by atoms with Crippen molar-refractivity contribution in [3.8, 4) is 0 Å². The molecule has 0 saturated heterocycles. The van der Waals surface area contributed by atoms with E-state index in [0.29, 0.717) is 19.3 Å². The molecule has 1 unspecified atom stereocenters. The van der Waals surface area contributed by atoms with Gasteiger partial charge in [0.05, 0.1) is 0 Å². The number of ether oxygens (including phenoxy) is 3. The van der Waals surface area contributed by atoms with Gasteiger partial charge in [0, 0.05) is 19.3 Å². The Kier molecular flexibility index (Phi) is 47.4. The first-order chi connectivity index (χ1) is 30.0. The Balaban J connectivity index is 4.42. The Hall–Kier alpha value is -2.89. The Morgan fingerprint density at radius 1 is 0.344 bits per heavy atom. The molecular weight excluding hydrogens is 757 g/mol. The smallest absolute Gasteiger partial charge is 0.306 e. The summed E-state index contributed by atoms with van der Waals surface area (Å²) in [4.78, 5) is 38.0. The van der Waals surface area contributed by atoms with Gasteiger partial charge in [-0.25, -0.2) is 0 Å². The molecule has 0 aromatic heterocycles. The average Bonchev–Trinajstić information content (AvgIpc) is 3.26. The van der Waals surface area contributed by atoms with Crippen LogP contribution in [0, 0.1) is 0 Å². The van der Waals surface area contributed by atoms with Crippen molar-refractivity contribution < 1.29 is 28.6 Å². The number of hydrogen-bond acceptors (Lipinski definition) is 6. The lowest BCUT2D eigenvalue weighted by molar-refractivity contribution is -0.167. The lowest BCUT2D eigenvalue weighted by Crippen LogP contribution is -2.30. The summed E-state index contributed by atoms with van der Waals surface area (Å²) in [5.41, 5.74) is 0. The molecule has 6 heteroatoms. The number of hydrogen-bond donors (Lipinski definition) is 0. The van der Waals surface area contributed by atoms with E-state index in [4.69, 9.17) is 14.2 Å². The molecule has 0 aliphatic rings. The zero-order valence-electron chi connectivity index (χ0n) is 40.2. The predicted octanol–water partition coefficient (Wildman–Crippen LogP) is 16.9. The molecule has 0 N–H and O–H groups in total. The molecule has 0 aromatic rings. The van der Waals surface area contributed by atoms with Crippen molar-refractivity contribution in [1.29, 1.82) is 0 Å². The topological polar surface area (TPSA) is 78.9 Å². The first-order valence-corrected chi connectivity index (χ1v) is 25.8. The summed E-state index contributed by atoms with van der Waals surface area (Å²) in [5.74, 6) is -0.920. The normalized spacial score (nSPS) is 12.5. The Labute approximate surface area is 377 Å². The molecule has 1 atom stereocenters. The molecule has 6 nitrogen and oxygen atoms in total. The van der Waals surface area contributed by atoms with Crippen LogP contribution in [0.2, 0.25) is 0 Å². The average molecular weight is 853 g/mol. The van der Waals surface area contributed by atoms with Crippen molar-refractivity contribution >= 4 is 17.9 Å². The molecule has 0 radical (unpaired) electrons. The monoisotopic (exact) mass is 853 g/mol. The number of carbonyl (C=O) groups excluding carboxylic acids is 3. The van der Waals surface area contributed by atoms with Gasteiger partial charge in [-0.2, -0.15) is 0 Å². The molecule has 0 rings (SSSR count). The molecule has 0 aromatic carbocycles. The highest BCUT2D eigenvalue weighted by atomic mass is 16.6. The fourth-order valence-corrected chi connectivity index (χ4v) is 7.21. The predicted molar refractivity (Wildman–Crippen MR) is 261 cm³/mol. The van der Waals surface area contributed by atoms with Gasteiger partial charge in [0.2, 0.25) is 0 Å². The standard InChI is InChI=1S/C55H96O6/c1-4-7-10-13-16-19-22-25-27-30-33-36-39-42-45-48-54(57)60-51-52(50-59-53(56)47-44-41-38-35-32-29-24-21-18-15-12-9-6-3)61-55(58)49-46-43-40-37-34-31-28-26-23-20-17-14-11-8-5-2/h7,10,13,16,19,22,25,27,29,32,52H,4-6,8-9,11-12,14-15,17-18,20-21,23-24,26,28,30-31,33-51H2,1-3H3/b10-7-,16-13-,22-19-,27-25-,32-29-. The third-order valence-electron chi connectivity index (χ3n) is 11.1. The molecule has 61 heavy (non-hydrogen) atoms. The molecule has 0 bridgehead atoms. The van der Waals surface area contributed by atoms with Crippen LogP contribution in [0.5, 0.6) is 0 Å². The van der Waals surface area contributed by atoms with Gasteiger partial charge in [0.15, 0.2) is 6.10 Å². The molecule has 0 amide bonds. The molecule has 0 fully saturated rings. The van der Waals surface area contributed by atoms with Crippen molar-refractivity contribution in [3.05, 3.63) is 60.8 Å². The highest BCUT2D eigenvalue weighted by Gasteiger charge is 2.19. The second-order valence-corrected chi connectivity index (χ2v) is 17.1. The number of esters is 3. The first-order valence-electron chi connectivity index (χ1n) is 25.8. The second kappa shape index (κ2) is 49.8. The lowest BCUT2D eigenvalue weighted by Gasteiger charge is -2.18. The van der Waals surface area contributed by atoms with E-state index in [1.165, 1.54) is 116 Å². The van der Waals surface area contributed by atoms with E-state index in [9.17, 15) is 14.4 Å². The summed E-state index contributed by atoms with van der Waals surface area (Å²) in [6.45, 7) is 6.47. The minimum absolute atomic E-state index is 0.0882. The highest BCUT2D eigenvalue weighted by Crippen LogP contribution is 2.15. The number of rotatable bonds is 46. The maximum atomic E-state index is 12.8. The van der Waals surface area contributed by atoms with Gasteiger partial charge in [-0.3, -0.25) is 14.4 Å². The van der Waals surface area contributed by atoms with Gasteiger partial charge in [0.25, 0.3) is 0 Å². The Morgan fingerprint density at radius 3 is 1.07 bits per heavy atom. The van der Waals surface area contributed by atoms with Crippen LogP contribution in [0.25, 0.3) is 0 Å². The third-order valence-corrected chi connectivity index (χ3v) is 11.1. The van der Waals surface area contributed by atoms with Crippen LogP contribution in [-0.4, -0.2) is 37.2 Å². The Morgan fingerprint density at radius 2 is 0.656 bits per heavy atom. The van der Waals surface area contributed by atoms with E-state index >= 15 is 0 Å². The minimum atomic E-state index is -0.787. The molecule has 0 saturated carbocycles. The summed E-state index contributed by atoms with van der Waals surface area (Å²) in [6.07, 6.45) is 60.6. The summed E-state index contributed by atoms with van der Waals surface area (Å²) in [7, 11) is 0. The van der Waals surface area contributed by atoms with Gasteiger partial charge in [-0.15, -0.1) is 0 Å². The molecule has 0 aliphatic heterocycles. The SMILES string of the molecule is CC\C=C/C=C\C=C/C=C\CCCCCCCC(=O)OCC(COC(=O)CCCCC/C=C\CCCCCCCC)OC(=O)CCCCCCCCCCCCCCCCC. The summed E-state index contributed by atoms with van der Waals surface area (Å²) < 4.78 is 16.8. The van der Waals surface area contributed by atoms with Crippen LogP contribution in [0.4, 0.5) is 0 Å². The van der Waals surface area contributed by atoms with E-state index in [1.807, 2.05) is 18.2 Å². The van der Waals surface area contributed by atoms with E-state index in [1.54, 1.807) is 0 Å². The van der Waals surface area contributed by atoms with Crippen LogP contribution in [0.15, 0.2) is 60.8 Å². The van der Waals surface area contributed by atoms with Crippen LogP contribution >= 0.6 is 0 Å². The van der Waals surface area contributed by atoms with Gasteiger partial charge < -0.3 is 14.2 Å². The first kappa shape index (κ1) is 58.1. The van der Waals surface area contributed by atoms with Gasteiger partial charge in [-0.1, -0.05) is 229 Å². The van der Waals surface area contributed by atoms with Crippen LogP contribution in [-0.2, 0) is 28.6 Å². The summed E-state index contributed by atoms with van der Waals surface area (Å²) in [5, 5.41) is 0. The summed E-state index contributed by atoms with van der Waals surface area (Å²) in [6, 6.07) is 0. The largest absolute Gasteiger partial charge is 0.462 e. The third kappa shape index (κ3) is 48.0. The molecule has 0 heterocycles. The lowest BCUT2D eigenvalue weighted by atomic mass is 10.0. The highest BCUT2D eigenvalue weighted by molar-refractivity contribution is 5.71. The van der Waals surface area contributed by atoms with Crippen molar-refractivity contribution in [2.75, 3.05) is 13.2 Å². The fraction of sp³-hybridized carbons (Fsp3) is 0.764. The fourth-order valence-electron chi connectivity index (χ4n) is 7.21. The van der Waals surface area contributed by atoms with Gasteiger partial charge in [-0.05, 0) is 64.2 Å². The van der Waals surface area contributed by atoms with Crippen molar-refractivity contribution in [1.82, 2.24) is 0 Å². The van der Waals surface area contributed by atoms with E-state index in [-0.39, 0.29) is 31.1 Å². The van der Waals surface area contributed by atoms with E-state index < -0.39 is 6.10 Å². The van der Waals surface area contributed by atoms with Crippen LogP contribution in [0.1, 0.15) is 252 Å². The summed E-state index contributed by atoms with van der Waals surface area (Å²) >= 11 is 0. The maximum absolute atomic E-state index is 12.8. The van der Waals surface area contributed by atoms with Crippen molar-refractivity contribution in [2.45, 2.75) is 258 Å². The van der Waals surface area contributed by atoms with Gasteiger partial charge >= 0.3 is 17.9 Å². The number of unbranched alkanes of at least 4 members (excludes halogenated alkanes) is 28. The maximum Gasteiger partial charge on any atom is 0.306 e.